The summed E-state index contributed by atoms with van der Waals surface area (Å²) in [5, 5.41) is 13.0. The van der Waals surface area contributed by atoms with Crippen molar-refractivity contribution >= 4 is 63.8 Å². The number of nitrogens with one attached hydrogen (secondary N) is 3. The second-order valence-corrected chi connectivity index (χ2v) is 8.65. The van der Waals surface area contributed by atoms with Crippen molar-refractivity contribution in [2.45, 2.75) is 37.1 Å². The van der Waals surface area contributed by atoms with E-state index in [4.69, 9.17) is 39.6 Å². The number of amides is 3. The van der Waals surface area contributed by atoms with Gasteiger partial charge in [-0.25, -0.2) is 4.79 Å². The van der Waals surface area contributed by atoms with Crippen LogP contribution in [0, 0.1) is 0 Å². The Morgan fingerprint density at radius 1 is 1.19 bits per heavy atom. The van der Waals surface area contributed by atoms with Crippen LogP contribution < -0.4 is 16.0 Å². The molecule has 3 N–H and O–H groups in total. The van der Waals surface area contributed by atoms with Crippen molar-refractivity contribution in [2.75, 3.05) is 17.2 Å². The molecule has 1 aliphatic rings. The molecule has 0 aromatic heterocycles. The van der Waals surface area contributed by atoms with Crippen molar-refractivity contribution in [2.24, 2.45) is 5.16 Å². The summed E-state index contributed by atoms with van der Waals surface area (Å²) in [4.78, 5) is 28.5. The Labute approximate surface area is 201 Å². The van der Waals surface area contributed by atoms with Gasteiger partial charge in [-0.3, -0.25) is 4.79 Å². The predicted molar refractivity (Wildman–Crippen MR) is 129 cm³/mol. The van der Waals surface area contributed by atoms with E-state index in [0.29, 0.717) is 40.6 Å². The number of urea groups is 1. The number of carbonyl (C=O) groups excluding carboxylic acids is 2. The van der Waals surface area contributed by atoms with E-state index in [0.717, 1.165) is 18.4 Å². The smallest absolute Gasteiger partial charge is 0.319 e. The maximum Gasteiger partial charge on any atom is 0.319 e. The molecule has 2 aromatic rings. The van der Waals surface area contributed by atoms with Crippen LogP contribution >= 0.6 is 34.8 Å². The number of benzene rings is 2. The van der Waals surface area contributed by atoms with Crippen molar-refractivity contribution in [3.8, 4) is 0 Å². The van der Waals surface area contributed by atoms with Crippen LogP contribution in [0.1, 0.15) is 43.4 Å². The van der Waals surface area contributed by atoms with Gasteiger partial charge in [-0.05, 0) is 36.2 Å². The average Bonchev–Trinajstić information content (AvgIpc) is 3.24. The van der Waals surface area contributed by atoms with E-state index < -0.39 is 10.7 Å². The van der Waals surface area contributed by atoms with Gasteiger partial charge in [0.05, 0.1) is 16.4 Å². The monoisotopic (exact) mass is 496 g/mol. The number of oxime groups is 1. The zero-order chi connectivity index (χ0) is 23.1. The van der Waals surface area contributed by atoms with E-state index in [9.17, 15) is 9.59 Å². The molecule has 1 unspecified atom stereocenters. The summed E-state index contributed by atoms with van der Waals surface area (Å²) < 4.78 is 0. The minimum atomic E-state index is -1.17. The van der Waals surface area contributed by atoms with Gasteiger partial charge in [-0.1, -0.05) is 71.5 Å². The molecule has 0 bridgehead atoms. The Morgan fingerprint density at radius 2 is 1.97 bits per heavy atom. The second-order valence-electron chi connectivity index (χ2n) is 7.15. The van der Waals surface area contributed by atoms with Crippen molar-refractivity contribution in [3.63, 3.8) is 0 Å². The van der Waals surface area contributed by atoms with Crippen LogP contribution in [0.2, 0.25) is 5.02 Å². The van der Waals surface area contributed by atoms with Crippen LogP contribution in [0.3, 0.4) is 0 Å². The maximum atomic E-state index is 12.2. The molecule has 0 spiro atoms. The summed E-state index contributed by atoms with van der Waals surface area (Å²) in [6.07, 6.45) is 1.93. The van der Waals surface area contributed by atoms with E-state index in [2.05, 4.69) is 28.0 Å². The van der Waals surface area contributed by atoms with Crippen LogP contribution in [-0.2, 0) is 9.63 Å². The van der Waals surface area contributed by atoms with Crippen LogP contribution in [0.4, 0.5) is 16.2 Å². The van der Waals surface area contributed by atoms with Gasteiger partial charge in [0.15, 0.2) is 10.9 Å². The molecular formula is C22H23Cl3N4O3. The Balaban J connectivity index is 1.73. The summed E-state index contributed by atoms with van der Waals surface area (Å²) in [7, 11) is 0. The van der Waals surface area contributed by atoms with Gasteiger partial charge in [-0.15, -0.1) is 0 Å². The van der Waals surface area contributed by atoms with Gasteiger partial charge in [-0.2, -0.15) is 0 Å². The Hall–Kier alpha value is -2.48. The van der Waals surface area contributed by atoms with Gasteiger partial charge in [0.25, 0.3) is 5.91 Å². The van der Waals surface area contributed by atoms with Gasteiger partial charge >= 0.3 is 6.03 Å². The zero-order valence-corrected chi connectivity index (χ0v) is 19.6. The normalized spacial score (nSPS) is 15.2. The van der Waals surface area contributed by atoms with Crippen molar-refractivity contribution in [3.05, 3.63) is 58.6 Å². The minimum absolute atomic E-state index is 0.307. The maximum absolute atomic E-state index is 12.2. The lowest BCUT2D eigenvalue weighted by molar-refractivity contribution is -0.114. The molecule has 0 aliphatic carbocycles. The number of carbonyl (C=O) groups is 2. The van der Waals surface area contributed by atoms with E-state index in [-0.39, 0.29) is 12.1 Å². The number of rotatable bonds is 8. The molecule has 3 amide bonds. The lowest BCUT2D eigenvalue weighted by Gasteiger charge is -2.14. The van der Waals surface area contributed by atoms with Crippen LogP contribution in [0.15, 0.2) is 47.6 Å². The first-order valence-electron chi connectivity index (χ1n) is 10.1. The molecule has 170 valence electrons. The molecule has 1 aliphatic heterocycles. The number of unbranched alkanes of at least 4 members (excludes halogenated alkanes) is 1. The quantitative estimate of drug-likeness (QED) is 0.315. The Morgan fingerprint density at radius 3 is 2.72 bits per heavy atom. The first-order chi connectivity index (χ1) is 15.4. The SMILES string of the molecule is CCCCNC(=O)Nc1cccc(Cl)c1C1=NOC(c2cccc(NC(=O)C(Cl)Cl)c2)C1. The van der Waals surface area contributed by atoms with Crippen LogP contribution in [0.5, 0.6) is 0 Å². The van der Waals surface area contributed by atoms with Gasteiger partial charge < -0.3 is 20.8 Å². The molecule has 1 heterocycles. The van der Waals surface area contributed by atoms with Gasteiger partial charge in [0.1, 0.15) is 0 Å². The molecular weight excluding hydrogens is 475 g/mol. The summed E-state index contributed by atoms with van der Waals surface area (Å²) in [5.74, 6) is -0.515. The largest absolute Gasteiger partial charge is 0.387 e. The molecule has 0 saturated heterocycles. The van der Waals surface area contributed by atoms with Crippen molar-refractivity contribution in [1.82, 2.24) is 5.32 Å². The molecule has 3 rings (SSSR count). The summed E-state index contributed by atoms with van der Waals surface area (Å²) in [6.45, 7) is 2.64. The summed E-state index contributed by atoms with van der Waals surface area (Å²) in [6, 6.07) is 12.1. The molecule has 0 fully saturated rings. The van der Waals surface area contributed by atoms with E-state index in [1.807, 2.05) is 6.07 Å². The molecule has 2 aromatic carbocycles. The fraction of sp³-hybridized carbons (Fsp3) is 0.318. The third kappa shape index (κ3) is 6.28. The Bertz CT molecular complexity index is 1010. The highest BCUT2D eigenvalue weighted by atomic mass is 35.5. The first kappa shape index (κ1) is 24.2. The molecule has 0 saturated carbocycles. The number of halogens is 3. The Kier molecular flexibility index (Phi) is 8.61. The lowest BCUT2D eigenvalue weighted by atomic mass is 9.98. The van der Waals surface area contributed by atoms with Crippen molar-refractivity contribution < 1.29 is 14.4 Å². The number of hydrogen-bond donors (Lipinski definition) is 3. The molecule has 32 heavy (non-hydrogen) atoms. The molecule has 7 nitrogen and oxygen atoms in total. The van der Waals surface area contributed by atoms with Crippen LogP contribution in [-0.4, -0.2) is 29.0 Å². The van der Waals surface area contributed by atoms with E-state index >= 15 is 0 Å². The highest BCUT2D eigenvalue weighted by molar-refractivity contribution is 6.54. The first-order valence-corrected chi connectivity index (χ1v) is 11.4. The number of nitrogens with zero attached hydrogens (tertiary/aromatic N) is 1. The van der Waals surface area contributed by atoms with Crippen LogP contribution in [0.25, 0.3) is 0 Å². The standard InChI is InChI=1S/C22H23Cl3N4O3/c1-2-3-10-26-22(31)28-16-9-5-8-15(23)19(16)17-12-18(32-29-17)13-6-4-7-14(11-13)27-21(30)20(24)25/h4-9,11,18,20H,2-3,10,12H2,1H3,(H,27,30)(H2,26,28,31). The number of hydrogen-bond acceptors (Lipinski definition) is 4. The topological polar surface area (TPSA) is 91.8 Å². The molecule has 0 radical (unpaired) electrons. The number of anilines is 2. The minimum Gasteiger partial charge on any atom is -0.387 e. The third-order valence-corrected chi connectivity index (χ3v) is 5.47. The highest BCUT2D eigenvalue weighted by Crippen LogP contribution is 2.35. The zero-order valence-electron chi connectivity index (χ0n) is 17.3. The second kappa shape index (κ2) is 11.4. The fourth-order valence-corrected chi connectivity index (χ4v) is 3.58. The fourth-order valence-electron chi connectivity index (χ4n) is 3.18. The van der Waals surface area contributed by atoms with E-state index in [1.54, 1.807) is 36.4 Å². The average molecular weight is 498 g/mol. The van der Waals surface area contributed by atoms with Gasteiger partial charge in [0, 0.05) is 24.2 Å². The van der Waals surface area contributed by atoms with Crippen molar-refractivity contribution in [1.29, 1.82) is 0 Å². The molecule has 1 atom stereocenters. The highest BCUT2D eigenvalue weighted by Gasteiger charge is 2.27. The predicted octanol–water partition coefficient (Wildman–Crippen LogP) is 5.87. The van der Waals surface area contributed by atoms with Gasteiger partial charge in [0.2, 0.25) is 0 Å². The molecule has 10 heteroatoms. The number of alkyl halides is 2. The third-order valence-electron chi connectivity index (χ3n) is 4.76. The summed E-state index contributed by atoms with van der Waals surface area (Å²) in [5.41, 5.74) is 3.12. The summed E-state index contributed by atoms with van der Waals surface area (Å²) >= 11 is 17.6. The van der Waals surface area contributed by atoms with E-state index in [1.165, 1.54) is 0 Å². The lowest BCUT2D eigenvalue weighted by Crippen LogP contribution is -2.30.